The zero-order valence-electron chi connectivity index (χ0n) is 19.7. The van der Waals surface area contributed by atoms with Crippen LogP contribution in [0.25, 0.3) is 0 Å². The third-order valence-corrected chi connectivity index (χ3v) is 5.61. The van der Waals surface area contributed by atoms with Crippen LogP contribution in [-0.4, -0.2) is 52.4 Å². The van der Waals surface area contributed by atoms with Crippen molar-refractivity contribution < 1.29 is 28.6 Å². The summed E-state index contributed by atoms with van der Waals surface area (Å²) >= 11 is 0. The van der Waals surface area contributed by atoms with Crippen LogP contribution >= 0.6 is 0 Å². The van der Waals surface area contributed by atoms with E-state index in [0.29, 0.717) is 36.6 Å². The molecule has 0 bridgehead atoms. The van der Waals surface area contributed by atoms with Gasteiger partial charge in [0.2, 0.25) is 0 Å². The van der Waals surface area contributed by atoms with E-state index in [1.165, 1.54) is 34.4 Å². The lowest BCUT2D eigenvalue weighted by molar-refractivity contribution is -0.00863. The second-order valence-corrected chi connectivity index (χ2v) is 8.38. The van der Waals surface area contributed by atoms with Crippen LogP contribution in [-0.2, 0) is 25.1 Å². The van der Waals surface area contributed by atoms with Crippen LogP contribution in [0.2, 0.25) is 0 Å². The van der Waals surface area contributed by atoms with Crippen molar-refractivity contribution in [2.45, 2.75) is 38.0 Å². The molecule has 2 aromatic carbocycles. The molecule has 3 N–H and O–H groups in total. The molecule has 0 saturated heterocycles. The lowest BCUT2D eigenvalue weighted by Gasteiger charge is -2.28. The highest BCUT2D eigenvalue weighted by molar-refractivity contribution is 5.93. The van der Waals surface area contributed by atoms with Crippen LogP contribution in [0.3, 0.4) is 0 Å². The fourth-order valence-corrected chi connectivity index (χ4v) is 3.80. The van der Waals surface area contributed by atoms with E-state index < -0.39 is 23.1 Å². The quantitative estimate of drug-likeness (QED) is 0.149. The van der Waals surface area contributed by atoms with Crippen molar-refractivity contribution >= 4 is 5.91 Å². The minimum absolute atomic E-state index is 0.0939. The Labute approximate surface area is 210 Å². The van der Waals surface area contributed by atoms with E-state index in [2.05, 4.69) is 20.2 Å². The second kappa shape index (κ2) is 11.7. The fourth-order valence-electron chi connectivity index (χ4n) is 3.80. The minimum Gasteiger partial charge on any atom is -0.494 e. The summed E-state index contributed by atoms with van der Waals surface area (Å²) < 4.78 is 36.5. The number of hydrogen-bond acceptors (Lipinski definition) is 8. The van der Waals surface area contributed by atoms with Gasteiger partial charge in [-0.3, -0.25) is 10.0 Å². The van der Waals surface area contributed by atoms with Gasteiger partial charge in [-0.2, -0.15) is 10.2 Å². The normalized spacial score (nSPS) is 12.8. The third kappa shape index (κ3) is 6.71. The number of ether oxygens (including phenoxy) is 1. The Morgan fingerprint density at radius 1 is 1.05 bits per heavy atom. The smallest absolute Gasteiger partial charge is 0.274 e. The Bertz CT molecular complexity index is 1320. The molecule has 0 fully saturated rings. The molecular weight excluding hydrogens is 488 g/mol. The van der Waals surface area contributed by atoms with Crippen LogP contribution < -0.4 is 10.2 Å². The Morgan fingerprint density at radius 3 is 2.54 bits per heavy atom. The molecule has 2 aromatic heterocycles. The molecule has 0 aliphatic heterocycles. The molecule has 0 radical (unpaired) electrons. The molecule has 11 nitrogen and oxygen atoms in total. The number of amides is 1. The molecule has 4 rings (SSSR count). The number of halogens is 2. The summed E-state index contributed by atoms with van der Waals surface area (Å²) in [5, 5.41) is 28.4. The van der Waals surface area contributed by atoms with E-state index in [1.807, 2.05) is 0 Å². The van der Waals surface area contributed by atoms with E-state index in [9.17, 15) is 18.7 Å². The number of rotatable bonds is 12. The Morgan fingerprint density at radius 2 is 1.84 bits per heavy atom. The number of carbonyl (C=O) groups is 1. The number of hydrogen-bond donors (Lipinski definition) is 3. The van der Waals surface area contributed by atoms with E-state index >= 15 is 0 Å². The Kier molecular flexibility index (Phi) is 8.15. The molecule has 1 amide bonds. The predicted molar refractivity (Wildman–Crippen MR) is 124 cm³/mol. The van der Waals surface area contributed by atoms with Gasteiger partial charge < -0.3 is 9.84 Å². The molecule has 194 valence electrons. The largest absolute Gasteiger partial charge is 0.494 e. The van der Waals surface area contributed by atoms with E-state index in [4.69, 9.17) is 9.94 Å². The lowest BCUT2D eigenvalue weighted by Crippen LogP contribution is -2.37. The summed E-state index contributed by atoms with van der Waals surface area (Å²) in [4.78, 5) is 19.5. The number of carbonyl (C=O) groups excluding carboxylic acids is 1. The number of nitrogens with one attached hydrogen (secondary N) is 1. The average molecular weight is 514 g/mol. The first-order valence-electron chi connectivity index (χ1n) is 11.4. The first-order valence-corrected chi connectivity index (χ1v) is 11.4. The van der Waals surface area contributed by atoms with Crippen molar-refractivity contribution in [1.82, 2.24) is 35.0 Å². The maximum absolute atomic E-state index is 14.6. The zero-order chi connectivity index (χ0) is 26.3. The van der Waals surface area contributed by atoms with Crippen molar-refractivity contribution in [3.63, 3.8) is 0 Å². The maximum Gasteiger partial charge on any atom is 0.274 e. The highest BCUT2D eigenvalue weighted by Crippen LogP contribution is 2.28. The third-order valence-electron chi connectivity index (χ3n) is 5.61. The van der Waals surface area contributed by atoms with Crippen molar-refractivity contribution in [3.05, 3.63) is 90.0 Å². The van der Waals surface area contributed by atoms with Gasteiger partial charge in [0.15, 0.2) is 5.82 Å². The van der Waals surface area contributed by atoms with Gasteiger partial charge in [-0.05, 0) is 43.2 Å². The van der Waals surface area contributed by atoms with Gasteiger partial charge in [0, 0.05) is 23.6 Å². The van der Waals surface area contributed by atoms with Crippen molar-refractivity contribution in [3.8, 4) is 5.75 Å². The molecule has 0 aliphatic rings. The molecule has 1 atom stereocenters. The fraction of sp³-hybridized carbons (Fsp3) is 0.292. The second-order valence-electron chi connectivity index (χ2n) is 8.38. The summed E-state index contributed by atoms with van der Waals surface area (Å²) in [6.45, 7) is 0.164. The SMILES string of the molecule is O=C(NO)c1ccc(OCCCCc2ncn(CC(O)(Cn3cncn3)c3ccc(F)cc3F)n2)cc1. The average Bonchev–Trinajstić information content (AvgIpc) is 3.55. The van der Waals surface area contributed by atoms with Gasteiger partial charge >= 0.3 is 0 Å². The summed E-state index contributed by atoms with van der Waals surface area (Å²) in [5.74, 6) is -1.09. The van der Waals surface area contributed by atoms with Crippen LogP contribution in [0.4, 0.5) is 8.78 Å². The van der Waals surface area contributed by atoms with Crippen LogP contribution in [0.15, 0.2) is 61.4 Å². The summed E-state index contributed by atoms with van der Waals surface area (Å²) in [5.41, 5.74) is -0.00717. The Hall–Kier alpha value is -4.23. The number of benzene rings is 2. The van der Waals surface area contributed by atoms with Gasteiger partial charge in [0.25, 0.3) is 5.91 Å². The predicted octanol–water partition coefficient (Wildman–Crippen LogP) is 2.26. The van der Waals surface area contributed by atoms with Gasteiger partial charge in [-0.25, -0.2) is 33.6 Å². The van der Waals surface area contributed by atoms with Crippen molar-refractivity contribution in [1.29, 1.82) is 0 Å². The number of hydroxylamine groups is 1. The highest BCUT2D eigenvalue weighted by Gasteiger charge is 2.34. The van der Waals surface area contributed by atoms with E-state index in [1.54, 1.807) is 29.7 Å². The number of unbranched alkanes of at least 4 members (excludes halogenated alkanes) is 1. The number of aliphatic hydroxyl groups is 1. The van der Waals surface area contributed by atoms with Crippen LogP contribution in [0, 0.1) is 11.6 Å². The van der Waals surface area contributed by atoms with Crippen molar-refractivity contribution in [2.24, 2.45) is 0 Å². The molecular formula is C24H25F2N7O4. The molecule has 1 unspecified atom stereocenters. The molecule has 37 heavy (non-hydrogen) atoms. The number of aryl methyl sites for hydroxylation is 1. The summed E-state index contributed by atoms with van der Waals surface area (Å²) in [7, 11) is 0. The summed E-state index contributed by atoms with van der Waals surface area (Å²) in [6.07, 6.45) is 6.13. The minimum atomic E-state index is -1.79. The monoisotopic (exact) mass is 513 g/mol. The number of nitrogens with zero attached hydrogens (tertiary/aromatic N) is 6. The van der Waals surface area contributed by atoms with E-state index in [-0.39, 0.29) is 18.7 Å². The maximum atomic E-state index is 14.6. The molecule has 0 saturated carbocycles. The number of aromatic nitrogens is 6. The lowest BCUT2D eigenvalue weighted by atomic mass is 9.93. The van der Waals surface area contributed by atoms with Gasteiger partial charge in [-0.15, -0.1) is 0 Å². The van der Waals surface area contributed by atoms with Crippen molar-refractivity contribution in [2.75, 3.05) is 6.61 Å². The Balaban J connectivity index is 1.32. The molecule has 4 aromatic rings. The van der Waals surface area contributed by atoms with Crippen LogP contribution in [0.5, 0.6) is 5.75 Å². The van der Waals surface area contributed by atoms with Gasteiger partial charge in [0.05, 0.1) is 19.7 Å². The zero-order valence-corrected chi connectivity index (χ0v) is 19.7. The van der Waals surface area contributed by atoms with Gasteiger partial charge in [-0.1, -0.05) is 6.07 Å². The topological polar surface area (TPSA) is 140 Å². The molecule has 13 heteroatoms. The standard InChI is InChI=1S/C24H25F2N7O4/c25-18-6-9-20(21(26)11-18)24(35,12-32-15-27-14-29-32)13-33-16-28-22(30-33)3-1-2-10-37-19-7-4-17(5-8-19)23(34)31-36/h4-9,11,14-16,35-36H,1-3,10,12-13H2,(H,31,34). The molecule has 0 spiro atoms. The van der Waals surface area contributed by atoms with Gasteiger partial charge in [0.1, 0.15) is 42.0 Å². The molecule has 2 heterocycles. The first-order chi connectivity index (χ1) is 17.9. The molecule has 0 aliphatic carbocycles. The first kappa shape index (κ1) is 25.9. The van der Waals surface area contributed by atoms with Crippen LogP contribution in [0.1, 0.15) is 34.6 Å². The highest BCUT2D eigenvalue weighted by atomic mass is 19.1. The summed E-state index contributed by atoms with van der Waals surface area (Å²) in [6, 6.07) is 9.36. The van der Waals surface area contributed by atoms with E-state index in [0.717, 1.165) is 18.6 Å².